The van der Waals surface area contributed by atoms with Crippen LogP contribution in [0.4, 0.5) is 4.79 Å². The Morgan fingerprint density at radius 3 is 2.34 bits per heavy atom. The number of rotatable bonds is 8. The zero-order valence-corrected chi connectivity index (χ0v) is 22.6. The normalized spacial score (nSPS) is 20.6. The van der Waals surface area contributed by atoms with E-state index < -0.39 is 11.2 Å². The van der Waals surface area contributed by atoms with Gasteiger partial charge in [0.05, 0.1) is 12.5 Å². The summed E-state index contributed by atoms with van der Waals surface area (Å²) < 4.78 is 16.9. The second kappa shape index (κ2) is 11.7. The van der Waals surface area contributed by atoms with Gasteiger partial charge in [-0.15, -0.1) is 0 Å². The highest BCUT2D eigenvalue weighted by molar-refractivity contribution is 5.71. The van der Waals surface area contributed by atoms with Gasteiger partial charge in [-0.3, -0.25) is 9.69 Å². The molecule has 35 heavy (non-hydrogen) atoms. The third-order valence-electron chi connectivity index (χ3n) is 6.71. The van der Waals surface area contributed by atoms with Gasteiger partial charge in [0.1, 0.15) is 11.2 Å². The first kappa shape index (κ1) is 27.5. The van der Waals surface area contributed by atoms with Gasteiger partial charge in [0, 0.05) is 12.5 Å². The average molecular weight is 492 g/mol. The first-order valence-electron chi connectivity index (χ1n) is 13.5. The van der Waals surface area contributed by atoms with Crippen LogP contribution in [0.1, 0.15) is 136 Å². The van der Waals surface area contributed by atoms with Crippen molar-refractivity contribution in [3.8, 4) is 0 Å². The van der Waals surface area contributed by atoms with Gasteiger partial charge in [-0.1, -0.05) is 50.1 Å². The highest BCUT2D eigenvalue weighted by atomic mass is 16.6. The second-order valence-electron chi connectivity index (χ2n) is 12.2. The van der Waals surface area contributed by atoms with Crippen LogP contribution in [0.2, 0.25) is 0 Å². The predicted octanol–water partition coefficient (Wildman–Crippen LogP) is 6.71. The molecule has 2 aliphatic rings. The molecule has 0 radical (unpaired) electrons. The summed E-state index contributed by atoms with van der Waals surface area (Å²) in [6, 6.07) is -0.272. The molecule has 8 nitrogen and oxygen atoms in total. The van der Waals surface area contributed by atoms with Gasteiger partial charge in [0.15, 0.2) is 5.82 Å². The van der Waals surface area contributed by atoms with Crippen LogP contribution >= 0.6 is 0 Å². The summed E-state index contributed by atoms with van der Waals surface area (Å²) in [5.41, 5.74) is -1.11. The van der Waals surface area contributed by atoms with Crippen LogP contribution in [0, 0.1) is 5.92 Å². The third-order valence-corrected chi connectivity index (χ3v) is 6.71. The van der Waals surface area contributed by atoms with E-state index >= 15 is 0 Å². The van der Waals surface area contributed by atoms with E-state index in [1.54, 1.807) is 4.90 Å². The van der Waals surface area contributed by atoms with Gasteiger partial charge in [0.2, 0.25) is 5.89 Å². The molecule has 2 heterocycles. The van der Waals surface area contributed by atoms with Crippen LogP contribution < -0.4 is 0 Å². The molecule has 0 N–H and O–H groups in total. The minimum Gasteiger partial charge on any atom is -0.460 e. The lowest BCUT2D eigenvalue weighted by Crippen LogP contribution is -2.36. The standard InChI is InChI=1S/C27H45N3O5/c1-26(2,3)33-22(31)18-20(15-10-14-19-12-8-7-9-13-19)24-28-23(29-35-24)21-16-11-17-30(21)25(32)34-27(4,5)6/h19-21H,7-18H2,1-6H3/t20-,21+/m1/s1. The lowest BCUT2D eigenvalue weighted by molar-refractivity contribution is -0.155. The monoisotopic (exact) mass is 491 g/mol. The molecule has 198 valence electrons. The van der Waals surface area contributed by atoms with E-state index in [2.05, 4.69) is 5.16 Å². The maximum atomic E-state index is 12.7. The second-order valence-corrected chi connectivity index (χ2v) is 12.2. The minimum absolute atomic E-state index is 0.189. The molecule has 1 aromatic rings. The summed E-state index contributed by atoms with van der Waals surface area (Å²) >= 11 is 0. The van der Waals surface area contributed by atoms with Gasteiger partial charge >= 0.3 is 12.1 Å². The molecule has 1 saturated carbocycles. The number of carbonyl (C=O) groups is 2. The van der Waals surface area contributed by atoms with Crippen LogP contribution in [-0.2, 0) is 14.3 Å². The van der Waals surface area contributed by atoms with Crippen molar-refractivity contribution in [2.45, 2.75) is 135 Å². The Labute approximate surface area is 210 Å². The van der Waals surface area contributed by atoms with Crippen molar-refractivity contribution >= 4 is 12.1 Å². The van der Waals surface area contributed by atoms with E-state index in [0.717, 1.165) is 31.6 Å². The summed E-state index contributed by atoms with van der Waals surface area (Å²) in [6.07, 6.45) is 11.1. The lowest BCUT2D eigenvalue weighted by atomic mass is 9.84. The number of esters is 1. The molecule has 2 atom stereocenters. The molecule has 1 aromatic heterocycles. The number of ether oxygens (including phenoxy) is 2. The first-order chi connectivity index (χ1) is 16.4. The Morgan fingerprint density at radius 2 is 1.69 bits per heavy atom. The highest BCUT2D eigenvalue weighted by Crippen LogP contribution is 2.35. The number of carbonyl (C=O) groups excluding carboxylic acids is 2. The van der Waals surface area contributed by atoms with E-state index in [1.807, 2.05) is 41.5 Å². The molecule has 0 aromatic carbocycles. The number of amides is 1. The average Bonchev–Trinajstić information content (AvgIpc) is 3.41. The number of likely N-dealkylation sites (tertiary alicyclic amines) is 1. The Bertz CT molecular complexity index is 833. The number of nitrogens with zero attached hydrogens (tertiary/aromatic N) is 3. The van der Waals surface area contributed by atoms with Crippen molar-refractivity contribution in [2.24, 2.45) is 5.92 Å². The molecule has 2 fully saturated rings. The fourth-order valence-corrected chi connectivity index (χ4v) is 5.15. The van der Waals surface area contributed by atoms with Crippen LogP contribution in [0.3, 0.4) is 0 Å². The van der Waals surface area contributed by atoms with Crippen LogP contribution in [0.25, 0.3) is 0 Å². The SMILES string of the molecule is CC(C)(C)OC(=O)C[C@@H](CCCC1CCCCC1)c1nc([C@@H]2CCCN2C(=O)OC(C)(C)C)no1. The quantitative estimate of drug-likeness (QED) is 0.373. The topological polar surface area (TPSA) is 94.8 Å². The Hall–Kier alpha value is -2.12. The lowest BCUT2D eigenvalue weighted by Gasteiger charge is -2.27. The molecule has 1 aliphatic heterocycles. The Balaban J connectivity index is 1.69. The minimum atomic E-state index is -0.566. The van der Waals surface area contributed by atoms with Crippen molar-refractivity contribution in [1.82, 2.24) is 15.0 Å². The first-order valence-corrected chi connectivity index (χ1v) is 13.5. The van der Waals surface area contributed by atoms with Crippen molar-refractivity contribution in [3.63, 3.8) is 0 Å². The van der Waals surface area contributed by atoms with E-state index in [4.69, 9.17) is 19.0 Å². The smallest absolute Gasteiger partial charge is 0.410 e. The zero-order chi connectivity index (χ0) is 25.6. The van der Waals surface area contributed by atoms with E-state index in [0.29, 0.717) is 18.3 Å². The van der Waals surface area contributed by atoms with Crippen LogP contribution in [-0.4, -0.2) is 44.8 Å². The third kappa shape index (κ3) is 8.80. The summed E-state index contributed by atoms with van der Waals surface area (Å²) in [6.45, 7) is 11.8. The van der Waals surface area contributed by atoms with Gasteiger partial charge in [0.25, 0.3) is 0 Å². The van der Waals surface area contributed by atoms with E-state index in [9.17, 15) is 9.59 Å². The fraction of sp³-hybridized carbons (Fsp3) is 0.852. The molecule has 0 unspecified atom stereocenters. The summed E-state index contributed by atoms with van der Waals surface area (Å²) in [4.78, 5) is 31.8. The fourth-order valence-electron chi connectivity index (χ4n) is 5.15. The van der Waals surface area contributed by atoms with Crippen molar-refractivity contribution in [3.05, 3.63) is 11.7 Å². The molecule has 8 heteroatoms. The van der Waals surface area contributed by atoms with Crippen LogP contribution in [0.5, 0.6) is 0 Å². The largest absolute Gasteiger partial charge is 0.460 e. The van der Waals surface area contributed by atoms with E-state index in [1.165, 1.54) is 38.5 Å². The number of aromatic nitrogens is 2. The number of hydrogen-bond donors (Lipinski definition) is 0. The Morgan fingerprint density at radius 1 is 1.00 bits per heavy atom. The van der Waals surface area contributed by atoms with Crippen molar-refractivity contribution < 1.29 is 23.6 Å². The molecule has 1 aliphatic carbocycles. The highest BCUT2D eigenvalue weighted by Gasteiger charge is 2.37. The molecular formula is C27H45N3O5. The summed E-state index contributed by atoms with van der Waals surface area (Å²) in [7, 11) is 0. The van der Waals surface area contributed by atoms with Crippen LogP contribution in [0.15, 0.2) is 4.52 Å². The zero-order valence-electron chi connectivity index (χ0n) is 22.6. The molecule has 1 amide bonds. The van der Waals surface area contributed by atoms with Crippen molar-refractivity contribution in [1.29, 1.82) is 0 Å². The predicted molar refractivity (Wildman–Crippen MR) is 133 cm³/mol. The van der Waals surface area contributed by atoms with Gasteiger partial charge in [-0.2, -0.15) is 4.98 Å². The molecule has 1 saturated heterocycles. The summed E-state index contributed by atoms with van der Waals surface area (Å²) in [5.74, 6) is 1.29. The Kier molecular flexibility index (Phi) is 9.22. The molecule has 0 spiro atoms. The van der Waals surface area contributed by atoms with Gasteiger partial charge in [-0.25, -0.2) is 4.79 Å². The molecule has 0 bridgehead atoms. The maximum absolute atomic E-state index is 12.7. The van der Waals surface area contributed by atoms with Gasteiger partial charge in [-0.05, 0) is 66.7 Å². The van der Waals surface area contributed by atoms with Crippen molar-refractivity contribution in [2.75, 3.05) is 6.54 Å². The summed E-state index contributed by atoms with van der Waals surface area (Å²) in [5, 5.41) is 4.24. The maximum Gasteiger partial charge on any atom is 0.410 e. The molecule has 3 rings (SSSR count). The van der Waals surface area contributed by atoms with E-state index in [-0.39, 0.29) is 30.4 Å². The number of hydrogen-bond acceptors (Lipinski definition) is 7. The molecular weight excluding hydrogens is 446 g/mol. The van der Waals surface area contributed by atoms with Gasteiger partial charge < -0.3 is 14.0 Å².